The van der Waals surface area contributed by atoms with Crippen LogP contribution in [0.3, 0.4) is 0 Å². The van der Waals surface area contributed by atoms with E-state index in [-0.39, 0.29) is 13.2 Å². The predicted molar refractivity (Wildman–Crippen MR) is 87.0 cm³/mol. The summed E-state index contributed by atoms with van der Waals surface area (Å²) in [5, 5.41) is 7.99. The van der Waals surface area contributed by atoms with Crippen molar-refractivity contribution in [2.75, 3.05) is 0 Å². The van der Waals surface area contributed by atoms with Crippen LogP contribution in [-0.4, -0.2) is 20.9 Å². The second-order valence-corrected chi connectivity index (χ2v) is 5.39. The maximum Gasteiger partial charge on any atom is 0.407 e. The Morgan fingerprint density at radius 1 is 1.35 bits per heavy atom. The van der Waals surface area contributed by atoms with Crippen LogP contribution < -0.4 is 5.32 Å². The highest BCUT2D eigenvalue weighted by atomic mass is 35.5. The van der Waals surface area contributed by atoms with Gasteiger partial charge in [0.1, 0.15) is 11.8 Å². The number of carbonyl (C=O) groups is 1. The van der Waals surface area contributed by atoms with Crippen LogP contribution in [0.15, 0.2) is 42.6 Å². The molecule has 1 aromatic carbocycles. The van der Waals surface area contributed by atoms with E-state index in [1.807, 2.05) is 36.4 Å². The lowest BCUT2D eigenvalue weighted by atomic mass is 10.2. The van der Waals surface area contributed by atoms with E-state index >= 15 is 0 Å². The minimum absolute atomic E-state index is 0.223. The summed E-state index contributed by atoms with van der Waals surface area (Å²) in [5.41, 5.74) is 2.34. The first kappa shape index (κ1) is 15.3. The minimum Gasteiger partial charge on any atom is -0.445 e. The molecular weight excluding hydrogens is 316 g/mol. The highest BCUT2D eigenvalue weighted by molar-refractivity contribution is 6.30. The number of alkyl carbamates (subject to hydrolysis) is 1. The zero-order valence-electron chi connectivity index (χ0n) is 12.5. The molecule has 0 fully saturated rings. The average molecular weight is 331 g/mol. The number of aromatic nitrogens is 3. The molecule has 7 heteroatoms. The molecular formula is C16H15ClN4O2. The molecule has 0 aliphatic carbocycles. The van der Waals surface area contributed by atoms with Gasteiger partial charge in [0.05, 0.1) is 6.20 Å². The first-order valence-corrected chi connectivity index (χ1v) is 7.43. The van der Waals surface area contributed by atoms with Gasteiger partial charge >= 0.3 is 6.09 Å². The molecule has 0 bridgehead atoms. The van der Waals surface area contributed by atoms with Crippen molar-refractivity contribution in [2.45, 2.75) is 13.2 Å². The Balaban J connectivity index is 1.59. The number of amides is 1. The number of nitrogens with zero attached hydrogens (tertiary/aromatic N) is 3. The Labute approximate surface area is 138 Å². The van der Waals surface area contributed by atoms with E-state index in [1.54, 1.807) is 17.9 Å². The van der Waals surface area contributed by atoms with Crippen molar-refractivity contribution in [3.8, 4) is 0 Å². The Bertz CT molecular complexity index is 833. The van der Waals surface area contributed by atoms with E-state index in [2.05, 4.69) is 15.4 Å². The summed E-state index contributed by atoms with van der Waals surface area (Å²) in [6.07, 6.45) is 1.20. The Morgan fingerprint density at radius 3 is 2.91 bits per heavy atom. The SMILES string of the molecule is Cn1ncc2cc(CNC(=O)OCc3ccccc3)c(Cl)nc21. The van der Waals surface area contributed by atoms with Gasteiger partial charge in [0.25, 0.3) is 0 Å². The zero-order valence-corrected chi connectivity index (χ0v) is 13.2. The summed E-state index contributed by atoms with van der Waals surface area (Å²) in [4.78, 5) is 16.0. The maximum atomic E-state index is 11.8. The number of carbonyl (C=O) groups excluding carboxylic acids is 1. The lowest BCUT2D eigenvalue weighted by Crippen LogP contribution is -2.23. The van der Waals surface area contributed by atoms with Crippen LogP contribution >= 0.6 is 11.6 Å². The normalized spacial score (nSPS) is 10.7. The number of halogens is 1. The molecule has 118 valence electrons. The smallest absolute Gasteiger partial charge is 0.407 e. The first-order valence-electron chi connectivity index (χ1n) is 7.05. The van der Waals surface area contributed by atoms with Gasteiger partial charge in [0.15, 0.2) is 5.65 Å². The van der Waals surface area contributed by atoms with Crippen molar-refractivity contribution in [3.63, 3.8) is 0 Å². The molecule has 1 amide bonds. The fourth-order valence-corrected chi connectivity index (χ4v) is 2.37. The number of pyridine rings is 1. The Hall–Kier alpha value is -2.60. The topological polar surface area (TPSA) is 69.0 Å². The van der Waals surface area contributed by atoms with Crippen LogP contribution in [0.1, 0.15) is 11.1 Å². The van der Waals surface area contributed by atoms with Gasteiger partial charge < -0.3 is 10.1 Å². The lowest BCUT2D eigenvalue weighted by Gasteiger charge is -2.08. The van der Waals surface area contributed by atoms with Crippen LogP contribution in [-0.2, 0) is 24.9 Å². The Morgan fingerprint density at radius 2 is 2.13 bits per heavy atom. The number of hydrogen-bond acceptors (Lipinski definition) is 4. The standard InChI is InChI=1S/C16H15ClN4O2/c1-21-15-13(9-19-21)7-12(14(17)20-15)8-18-16(22)23-10-11-5-3-2-4-6-11/h2-7,9H,8,10H2,1H3,(H,18,22). The molecule has 3 aromatic rings. The van der Waals surface area contributed by atoms with E-state index in [1.165, 1.54) is 0 Å². The van der Waals surface area contributed by atoms with Gasteiger partial charge in [-0.15, -0.1) is 0 Å². The molecule has 0 unspecified atom stereocenters. The highest BCUT2D eigenvalue weighted by Gasteiger charge is 2.10. The van der Waals surface area contributed by atoms with Gasteiger partial charge in [-0.1, -0.05) is 41.9 Å². The van der Waals surface area contributed by atoms with Crippen molar-refractivity contribution in [2.24, 2.45) is 7.05 Å². The quantitative estimate of drug-likeness (QED) is 0.746. The average Bonchev–Trinajstić information content (AvgIpc) is 2.92. The van der Waals surface area contributed by atoms with Crippen LogP contribution in [0, 0.1) is 0 Å². The number of aryl methyl sites for hydroxylation is 1. The summed E-state index contributed by atoms with van der Waals surface area (Å²) >= 11 is 6.14. The van der Waals surface area contributed by atoms with Crippen LogP contribution in [0.25, 0.3) is 11.0 Å². The number of benzene rings is 1. The summed E-state index contributed by atoms with van der Waals surface area (Å²) in [7, 11) is 1.80. The van der Waals surface area contributed by atoms with E-state index in [4.69, 9.17) is 16.3 Å². The summed E-state index contributed by atoms with van der Waals surface area (Å²) in [6, 6.07) is 11.3. The largest absolute Gasteiger partial charge is 0.445 e. The van der Waals surface area contributed by atoms with Gasteiger partial charge in [0.2, 0.25) is 0 Å². The first-order chi connectivity index (χ1) is 11.1. The van der Waals surface area contributed by atoms with E-state index in [0.29, 0.717) is 16.4 Å². The third kappa shape index (κ3) is 3.60. The van der Waals surface area contributed by atoms with Crippen LogP contribution in [0.2, 0.25) is 5.15 Å². The molecule has 2 aromatic heterocycles. The molecule has 0 aliphatic heterocycles. The maximum absolute atomic E-state index is 11.8. The highest BCUT2D eigenvalue weighted by Crippen LogP contribution is 2.19. The minimum atomic E-state index is -0.504. The molecule has 0 aliphatic rings. The number of ether oxygens (including phenoxy) is 1. The third-order valence-electron chi connectivity index (χ3n) is 3.37. The fourth-order valence-electron chi connectivity index (χ4n) is 2.16. The van der Waals surface area contributed by atoms with E-state index < -0.39 is 6.09 Å². The number of rotatable bonds is 4. The summed E-state index contributed by atoms with van der Waals surface area (Å²) in [5.74, 6) is 0. The summed E-state index contributed by atoms with van der Waals surface area (Å²) < 4.78 is 6.80. The molecule has 0 saturated heterocycles. The number of nitrogens with one attached hydrogen (secondary N) is 1. The zero-order chi connectivity index (χ0) is 16.2. The molecule has 0 radical (unpaired) electrons. The molecule has 0 atom stereocenters. The summed E-state index contributed by atoms with van der Waals surface area (Å²) in [6.45, 7) is 0.463. The molecule has 23 heavy (non-hydrogen) atoms. The monoisotopic (exact) mass is 330 g/mol. The molecule has 6 nitrogen and oxygen atoms in total. The molecule has 0 spiro atoms. The van der Waals surface area contributed by atoms with Gasteiger partial charge in [-0.25, -0.2) is 9.78 Å². The third-order valence-corrected chi connectivity index (χ3v) is 3.70. The molecule has 3 rings (SSSR count). The van der Waals surface area contributed by atoms with E-state index in [9.17, 15) is 4.79 Å². The van der Waals surface area contributed by atoms with Gasteiger partial charge in [0, 0.05) is 24.5 Å². The number of fused-ring (bicyclic) bond motifs is 1. The van der Waals surface area contributed by atoms with Crippen LogP contribution in [0.4, 0.5) is 4.79 Å². The van der Waals surface area contributed by atoms with E-state index in [0.717, 1.165) is 10.9 Å². The van der Waals surface area contributed by atoms with Crippen molar-refractivity contribution in [1.29, 1.82) is 0 Å². The van der Waals surface area contributed by atoms with Crippen molar-refractivity contribution in [3.05, 3.63) is 58.9 Å². The molecule has 2 heterocycles. The van der Waals surface area contributed by atoms with Crippen molar-refractivity contribution >= 4 is 28.7 Å². The molecule has 1 N–H and O–H groups in total. The number of hydrogen-bond donors (Lipinski definition) is 1. The lowest BCUT2D eigenvalue weighted by molar-refractivity contribution is 0.139. The van der Waals surface area contributed by atoms with Crippen molar-refractivity contribution < 1.29 is 9.53 Å². The fraction of sp³-hybridized carbons (Fsp3) is 0.188. The predicted octanol–water partition coefficient (Wildman–Crippen LogP) is 3.05. The second-order valence-electron chi connectivity index (χ2n) is 5.03. The Kier molecular flexibility index (Phi) is 4.43. The van der Waals surface area contributed by atoms with Gasteiger partial charge in [-0.2, -0.15) is 5.10 Å². The van der Waals surface area contributed by atoms with Gasteiger partial charge in [-0.3, -0.25) is 4.68 Å². The molecule has 0 saturated carbocycles. The van der Waals surface area contributed by atoms with Crippen molar-refractivity contribution in [1.82, 2.24) is 20.1 Å². The van der Waals surface area contributed by atoms with Gasteiger partial charge in [-0.05, 0) is 11.6 Å². The second kappa shape index (κ2) is 6.66. The van der Waals surface area contributed by atoms with Crippen LogP contribution in [0.5, 0.6) is 0 Å².